The Hall–Kier alpha value is -1.15. The molecule has 0 unspecified atom stereocenters. The predicted molar refractivity (Wildman–Crippen MR) is 91.1 cm³/mol. The van der Waals surface area contributed by atoms with Crippen LogP contribution in [0.2, 0.25) is 15.1 Å². The Morgan fingerprint density at radius 3 is 2.43 bits per heavy atom. The summed E-state index contributed by atoms with van der Waals surface area (Å²) >= 11 is 17.8. The molecule has 4 nitrogen and oxygen atoms in total. The van der Waals surface area contributed by atoms with Crippen molar-refractivity contribution >= 4 is 40.7 Å². The standard InChI is InChI=1S/C16H17Cl3N2O2/c1-10(23-14-8-12(18)11(17)7-13(14)19)15(22)21-16(9-20)5-3-2-4-6-16/h7-8,10H,2-6H2,1H3,(H,21,22)/t10-/m0/s1. The topological polar surface area (TPSA) is 62.1 Å². The molecule has 1 saturated carbocycles. The fourth-order valence-electron chi connectivity index (χ4n) is 2.60. The van der Waals surface area contributed by atoms with E-state index in [2.05, 4.69) is 11.4 Å². The molecule has 1 aliphatic rings. The van der Waals surface area contributed by atoms with Gasteiger partial charge in [-0.2, -0.15) is 5.26 Å². The predicted octanol–water partition coefficient (Wildman–Crippen LogP) is 4.76. The molecule has 0 aliphatic heterocycles. The molecule has 0 radical (unpaired) electrons. The van der Waals surface area contributed by atoms with Crippen molar-refractivity contribution in [3.63, 3.8) is 0 Å². The summed E-state index contributed by atoms with van der Waals surface area (Å²) in [5, 5.41) is 13.1. The van der Waals surface area contributed by atoms with E-state index in [1.807, 2.05) is 0 Å². The largest absolute Gasteiger partial charge is 0.479 e. The molecule has 2 rings (SSSR count). The Morgan fingerprint density at radius 2 is 1.83 bits per heavy atom. The Kier molecular flexibility index (Phi) is 6.02. The van der Waals surface area contributed by atoms with Crippen LogP contribution >= 0.6 is 34.8 Å². The zero-order chi connectivity index (χ0) is 17.0. The van der Waals surface area contributed by atoms with Gasteiger partial charge < -0.3 is 10.1 Å². The number of hydrogen-bond donors (Lipinski definition) is 1. The van der Waals surface area contributed by atoms with Crippen molar-refractivity contribution in [2.75, 3.05) is 0 Å². The van der Waals surface area contributed by atoms with E-state index in [0.29, 0.717) is 22.9 Å². The fourth-order valence-corrected chi connectivity index (χ4v) is 3.18. The van der Waals surface area contributed by atoms with Crippen LogP contribution in [0.25, 0.3) is 0 Å². The Balaban J connectivity index is 2.05. The molecular weight excluding hydrogens is 359 g/mol. The zero-order valence-corrected chi connectivity index (χ0v) is 14.9. The lowest BCUT2D eigenvalue weighted by Crippen LogP contribution is -2.52. The number of ether oxygens (including phenoxy) is 1. The highest BCUT2D eigenvalue weighted by Crippen LogP contribution is 2.34. The van der Waals surface area contributed by atoms with Crippen LogP contribution in [0, 0.1) is 11.3 Å². The summed E-state index contributed by atoms with van der Waals surface area (Å²) < 4.78 is 5.58. The first-order valence-electron chi connectivity index (χ1n) is 7.41. The van der Waals surface area contributed by atoms with E-state index in [1.165, 1.54) is 12.1 Å². The Labute approximate surface area is 150 Å². The molecule has 7 heteroatoms. The molecule has 0 heterocycles. The highest BCUT2D eigenvalue weighted by Gasteiger charge is 2.35. The normalized spacial score (nSPS) is 17.9. The van der Waals surface area contributed by atoms with Crippen molar-refractivity contribution in [1.29, 1.82) is 5.26 Å². The number of rotatable bonds is 4. The van der Waals surface area contributed by atoms with Crippen molar-refractivity contribution in [2.45, 2.75) is 50.7 Å². The van der Waals surface area contributed by atoms with E-state index < -0.39 is 11.6 Å². The molecule has 23 heavy (non-hydrogen) atoms. The van der Waals surface area contributed by atoms with Crippen LogP contribution in [0.3, 0.4) is 0 Å². The molecule has 124 valence electrons. The number of carbonyl (C=O) groups is 1. The first-order valence-corrected chi connectivity index (χ1v) is 8.55. The molecule has 0 spiro atoms. The van der Waals surface area contributed by atoms with E-state index in [-0.39, 0.29) is 16.7 Å². The van der Waals surface area contributed by atoms with E-state index in [0.717, 1.165) is 19.3 Å². The van der Waals surface area contributed by atoms with Crippen LogP contribution in [-0.2, 0) is 4.79 Å². The molecule has 1 amide bonds. The third-order valence-electron chi connectivity index (χ3n) is 3.93. The molecule has 0 bridgehead atoms. The molecule has 1 fully saturated rings. The van der Waals surface area contributed by atoms with Crippen molar-refractivity contribution in [3.8, 4) is 11.8 Å². The van der Waals surface area contributed by atoms with Gasteiger partial charge in [0.15, 0.2) is 6.10 Å². The maximum absolute atomic E-state index is 12.4. The molecule has 1 N–H and O–H groups in total. The van der Waals surface area contributed by atoms with E-state index >= 15 is 0 Å². The molecule has 0 aromatic heterocycles. The number of halogens is 3. The minimum Gasteiger partial charge on any atom is -0.479 e. The summed E-state index contributed by atoms with van der Waals surface area (Å²) in [5.74, 6) is -0.0750. The lowest BCUT2D eigenvalue weighted by Gasteiger charge is -2.32. The van der Waals surface area contributed by atoms with Gasteiger partial charge in [-0.15, -0.1) is 0 Å². The molecular formula is C16H17Cl3N2O2. The second kappa shape index (κ2) is 7.61. The fraction of sp³-hybridized carbons (Fsp3) is 0.500. The number of nitrogens with zero attached hydrogens (tertiary/aromatic N) is 1. The van der Waals surface area contributed by atoms with Crippen LogP contribution in [0.1, 0.15) is 39.0 Å². The van der Waals surface area contributed by atoms with Crippen molar-refractivity contribution in [3.05, 3.63) is 27.2 Å². The van der Waals surface area contributed by atoms with E-state index in [4.69, 9.17) is 39.5 Å². The minimum atomic E-state index is -0.808. The molecule has 1 aliphatic carbocycles. The van der Waals surface area contributed by atoms with Gasteiger partial charge in [0.25, 0.3) is 5.91 Å². The van der Waals surface area contributed by atoms with Crippen molar-refractivity contribution in [1.82, 2.24) is 5.32 Å². The van der Waals surface area contributed by atoms with Gasteiger partial charge in [0.2, 0.25) is 0 Å². The summed E-state index contributed by atoms with van der Waals surface area (Å²) in [6.07, 6.45) is 3.47. The second-order valence-corrected chi connectivity index (χ2v) is 6.92. The first-order chi connectivity index (χ1) is 10.9. The van der Waals surface area contributed by atoms with Crippen molar-refractivity contribution < 1.29 is 9.53 Å². The highest BCUT2D eigenvalue weighted by atomic mass is 35.5. The van der Waals surface area contributed by atoms with Crippen LogP contribution < -0.4 is 10.1 Å². The van der Waals surface area contributed by atoms with Crippen LogP contribution in [-0.4, -0.2) is 17.6 Å². The van der Waals surface area contributed by atoms with Gasteiger partial charge in [-0.3, -0.25) is 4.79 Å². The van der Waals surface area contributed by atoms with E-state index in [1.54, 1.807) is 6.92 Å². The lowest BCUT2D eigenvalue weighted by molar-refractivity contribution is -0.129. The van der Waals surface area contributed by atoms with Gasteiger partial charge in [-0.05, 0) is 25.8 Å². The van der Waals surface area contributed by atoms with Crippen LogP contribution in [0.4, 0.5) is 0 Å². The summed E-state index contributed by atoms with van der Waals surface area (Å²) in [4.78, 5) is 12.4. The lowest BCUT2D eigenvalue weighted by atomic mass is 9.83. The summed E-state index contributed by atoms with van der Waals surface area (Å²) in [6, 6.07) is 5.17. The summed E-state index contributed by atoms with van der Waals surface area (Å²) in [5.41, 5.74) is -0.797. The number of nitrogens with one attached hydrogen (secondary N) is 1. The first kappa shape index (κ1) is 18.2. The van der Waals surface area contributed by atoms with Crippen LogP contribution in [0.15, 0.2) is 12.1 Å². The summed E-state index contributed by atoms with van der Waals surface area (Å²) in [7, 11) is 0. The Bertz CT molecular complexity index is 637. The van der Waals surface area contributed by atoms with Crippen LogP contribution in [0.5, 0.6) is 5.75 Å². The number of hydrogen-bond acceptors (Lipinski definition) is 3. The monoisotopic (exact) mass is 374 g/mol. The summed E-state index contributed by atoms with van der Waals surface area (Å²) in [6.45, 7) is 1.60. The SMILES string of the molecule is C[C@H](Oc1cc(Cl)c(Cl)cc1Cl)C(=O)NC1(C#N)CCCCC1. The molecule has 1 aromatic carbocycles. The third kappa shape index (κ3) is 4.44. The number of nitriles is 1. The minimum absolute atomic E-state index is 0.270. The average Bonchev–Trinajstić information content (AvgIpc) is 2.53. The van der Waals surface area contributed by atoms with Gasteiger partial charge in [-0.25, -0.2) is 0 Å². The molecule has 0 saturated heterocycles. The van der Waals surface area contributed by atoms with Gasteiger partial charge in [0.1, 0.15) is 11.3 Å². The second-order valence-electron chi connectivity index (χ2n) is 5.70. The van der Waals surface area contributed by atoms with Crippen molar-refractivity contribution in [2.24, 2.45) is 0 Å². The highest BCUT2D eigenvalue weighted by molar-refractivity contribution is 6.43. The van der Waals surface area contributed by atoms with Gasteiger partial charge >= 0.3 is 0 Å². The maximum atomic E-state index is 12.4. The zero-order valence-electron chi connectivity index (χ0n) is 12.7. The quantitative estimate of drug-likeness (QED) is 0.772. The van der Waals surface area contributed by atoms with E-state index in [9.17, 15) is 10.1 Å². The number of amides is 1. The van der Waals surface area contributed by atoms with Gasteiger partial charge in [0, 0.05) is 6.07 Å². The Morgan fingerprint density at radius 1 is 1.22 bits per heavy atom. The van der Waals surface area contributed by atoms with Gasteiger partial charge in [-0.1, -0.05) is 54.1 Å². The third-order valence-corrected chi connectivity index (χ3v) is 4.95. The molecule has 1 aromatic rings. The smallest absolute Gasteiger partial charge is 0.262 e. The number of benzene rings is 1. The number of carbonyl (C=O) groups excluding carboxylic acids is 1. The van der Waals surface area contributed by atoms with Gasteiger partial charge in [0.05, 0.1) is 21.1 Å². The molecule has 1 atom stereocenters. The average molecular weight is 376 g/mol. The maximum Gasteiger partial charge on any atom is 0.262 e.